The van der Waals surface area contributed by atoms with E-state index in [2.05, 4.69) is 12.1 Å². The molecule has 25 heavy (non-hydrogen) atoms. The van der Waals surface area contributed by atoms with Crippen LogP contribution >= 0.6 is 0 Å². The molecule has 3 rings (SSSR count). The number of halogens is 1. The van der Waals surface area contributed by atoms with Crippen molar-refractivity contribution < 1.29 is 23.7 Å². The maximum Gasteiger partial charge on any atom is 0.161 e. The van der Waals surface area contributed by atoms with Crippen LogP contribution in [0.1, 0.15) is 11.1 Å². The number of hydrogen-bond acceptors (Lipinski definition) is 2. The fraction of sp³-hybridized carbons (Fsp3) is 0.400. The summed E-state index contributed by atoms with van der Waals surface area (Å²) in [6.07, 6.45) is 0. The second kappa shape index (κ2) is 8.32. The van der Waals surface area contributed by atoms with Crippen molar-refractivity contribution in [2.75, 3.05) is 40.4 Å². The standard InChI is InChI=1S/C20H25FN2O2/c1-24-19-8-7-16(13-20(19)25-2)14-22-9-11-23(12-10-22)15-17-5-3-4-6-18(17)21/h3-8,13H,9-12,14-15H2,1-2H3/p+2. The van der Waals surface area contributed by atoms with E-state index in [1.807, 2.05) is 18.2 Å². The van der Waals surface area contributed by atoms with Gasteiger partial charge in [-0.05, 0) is 24.3 Å². The van der Waals surface area contributed by atoms with E-state index in [-0.39, 0.29) is 5.82 Å². The Morgan fingerprint density at radius 2 is 1.48 bits per heavy atom. The molecule has 4 nitrogen and oxygen atoms in total. The zero-order valence-corrected chi connectivity index (χ0v) is 15.0. The van der Waals surface area contributed by atoms with E-state index in [0.29, 0.717) is 0 Å². The van der Waals surface area contributed by atoms with Crippen molar-refractivity contribution in [3.63, 3.8) is 0 Å². The molecule has 0 radical (unpaired) electrons. The summed E-state index contributed by atoms with van der Waals surface area (Å²) < 4.78 is 24.5. The summed E-state index contributed by atoms with van der Waals surface area (Å²) >= 11 is 0. The van der Waals surface area contributed by atoms with Crippen molar-refractivity contribution >= 4 is 0 Å². The third-order valence-electron chi connectivity index (χ3n) is 4.96. The average Bonchev–Trinajstić information content (AvgIpc) is 2.65. The fourth-order valence-corrected chi connectivity index (χ4v) is 3.50. The third-order valence-corrected chi connectivity index (χ3v) is 4.96. The number of quaternary nitrogens is 2. The maximum atomic E-state index is 13.8. The quantitative estimate of drug-likeness (QED) is 0.789. The van der Waals surface area contributed by atoms with Crippen molar-refractivity contribution in [2.24, 2.45) is 0 Å². The molecule has 0 amide bonds. The second-order valence-corrected chi connectivity index (χ2v) is 6.63. The van der Waals surface area contributed by atoms with Crippen LogP contribution in [-0.2, 0) is 13.1 Å². The van der Waals surface area contributed by atoms with Gasteiger partial charge < -0.3 is 19.3 Å². The second-order valence-electron chi connectivity index (χ2n) is 6.63. The van der Waals surface area contributed by atoms with E-state index >= 15 is 0 Å². The lowest BCUT2D eigenvalue weighted by Gasteiger charge is -2.30. The number of benzene rings is 2. The van der Waals surface area contributed by atoms with E-state index in [4.69, 9.17) is 9.47 Å². The molecule has 0 unspecified atom stereocenters. The van der Waals surface area contributed by atoms with Crippen molar-refractivity contribution in [1.29, 1.82) is 0 Å². The van der Waals surface area contributed by atoms with Gasteiger partial charge in [-0.2, -0.15) is 0 Å². The molecule has 0 spiro atoms. The highest BCUT2D eigenvalue weighted by molar-refractivity contribution is 5.42. The molecule has 5 heteroatoms. The first-order valence-electron chi connectivity index (χ1n) is 8.81. The summed E-state index contributed by atoms with van der Waals surface area (Å²) in [5.74, 6) is 1.46. The minimum absolute atomic E-state index is 0.0879. The van der Waals surface area contributed by atoms with Gasteiger partial charge in [0.1, 0.15) is 45.1 Å². The molecular formula is C20H27FN2O2+2. The molecule has 1 aliphatic rings. The predicted octanol–water partition coefficient (Wildman–Crippen LogP) is 0.327. The van der Waals surface area contributed by atoms with Crippen LogP contribution in [-0.4, -0.2) is 40.4 Å². The largest absolute Gasteiger partial charge is 0.493 e. The van der Waals surface area contributed by atoms with Gasteiger partial charge >= 0.3 is 0 Å². The topological polar surface area (TPSA) is 27.3 Å². The van der Waals surface area contributed by atoms with E-state index < -0.39 is 0 Å². The molecule has 1 aliphatic heterocycles. The zero-order valence-electron chi connectivity index (χ0n) is 15.0. The molecule has 1 fully saturated rings. The van der Waals surface area contributed by atoms with Crippen LogP contribution in [0.5, 0.6) is 11.5 Å². The molecule has 2 aromatic rings. The van der Waals surface area contributed by atoms with Gasteiger partial charge in [-0.1, -0.05) is 18.2 Å². The Balaban J connectivity index is 1.53. The highest BCUT2D eigenvalue weighted by Gasteiger charge is 2.24. The minimum atomic E-state index is -0.0879. The van der Waals surface area contributed by atoms with E-state index in [1.54, 1.807) is 31.3 Å². The molecule has 0 saturated carbocycles. The van der Waals surface area contributed by atoms with Crippen LogP contribution in [0.15, 0.2) is 42.5 Å². The molecule has 134 valence electrons. The summed E-state index contributed by atoms with van der Waals surface area (Å²) in [5, 5.41) is 0. The Morgan fingerprint density at radius 3 is 2.12 bits per heavy atom. The van der Waals surface area contributed by atoms with E-state index in [9.17, 15) is 4.39 Å². The number of rotatable bonds is 6. The van der Waals surface area contributed by atoms with Gasteiger partial charge in [0.2, 0.25) is 0 Å². The van der Waals surface area contributed by atoms with Gasteiger partial charge in [0.25, 0.3) is 0 Å². The minimum Gasteiger partial charge on any atom is -0.493 e. The molecular weight excluding hydrogens is 319 g/mol. The molecule has 1 saturated heterocycles. The zero-order chi connectivity index (χ0) is 17.6. The number of methoxy groups -OCH3 is 2. The van der Waals surface area contributed by atoms with Crippen LogP contribution in [0, 0.1) is 5.82 Å². The lowest BCUT2D eigenvalue weighted by molar-refractivity contribution is -1.02. The van der Waals surface area contributed by atoms with Crippen molar-refractivity contribution in [3.05, 3.63) is 59.4 Å². The highest BCUT2D eigenvalue weighted by atomic mass is 19.1. The fourth-order valence-electron chi connectivity index (χ4n) is 3.50. The number of hydrogen-bond donors (Lipinski definition) is 2. The Bertz CT molecular complexity index is 700. The van der Waals surface area contributed by atoms with Gasteiger partial charge in [-0.3, -0.25) is 0 Å². The van der Waals surface area contributed by atoms with Crippen LogP contribution < -0.4 is 19.3 Å². The van der Waals surface area contributed by atoms with Crippen LogP contribution in [0.25, 0.3) is 0 Å². The Labute approximate surface area is 148 Å². The summed E-state index contributed by atoms with van der Waals surface area (Å²) in [5.41, 5.74) is 2.08. The molecule has 0 aromatic heterocycles. The van der Waals surface area contributed by atoms with Gasteiger partial charge in [-0.25, -0.2) is 4.39 Å². The third kappa shape index (κ3) is 4.50. The molecule has 2 N–H and O–H groups in total. The highest BCUT2D eigenvalue weighted by Crippen LogP contribution is 2.27. The lowest BCUT2D eigenvalue weighted by atomic mass is 10.1. The maximum absolute atomic E-state index is 13.8. The number of piperazine rings is 1. The first kappa shape index (κ1) is 17.7. The van der Waals surface area contributed by atoms with E-state index in [1.165, 1.54) is 10.5 Å². The monoisotopic (exact) mass is 346 g/mol. The molecule has 0 bridgehead atoms. The first-order valence-corrected chi connectivity index (χ1v) is 8.81. The normalized spacial score (nSPS) is 20.3. The van der Waals surface area contributed by atoms with Gasteiger partial charge in [0.05, 0.1) is 14.2 Å². The van der Waals surface area contributed by atoms with Crippen molar-refractivity contribution in [3.8, 4) is 11.5 Å². The number of ether oxygens (including phenoxy) is 2. The SMILES string of the molecule is COc1ccc(C[NH+]2CC[NH+](Cc3ccccc3F)CC2)cc1OC. The lowest BCUT2D eigenvalue weighted by Crippen LogP contribution is -3.27. The van der Waals surface area contributed by atoms with Crippen LogP contribution in [0.3, 0.4) is 0 Å². The average molecular weight is 346 g/mol. The van der Waals surface area contributed by atoms with Crippen LogP contribution in [0.2, 0.25) is 0 Å². The molecule has 1 heterocycles. The first-order chi connectivity index (χ1) is 12.2. The summed E-state index contributed by atoms with van der Waals surface area (Å²) in [7, 11) is 3.32. The molecule has 0 atom stereocenters. The molecule has 2 aromatic carbocycles. The predicted molar refractivity (Wildman–Crippen MR) is 94.7 cm³/mol. The van der Waals surface area contributed by atoms with Gasteiger partial charge in [0.15, 0.2) is 11.5 Å². The summed E-state index contributed by atoms with van der Waals surface area (Å²) in [6, 6.07) is 13.2. The Morgan fingerprint density at radius 1 is 0.840 bits per heavy atom. The van der Waals surface area contributed by atoms with Crippen molar-refractivity contribution in [1.82, 2.24) is 0 Å². The van der Waals surface area contributed by atoms with Gasteiger partial charge in [0, 0.05) is 11.1 Å². The van der Waals surface area contributed by atoms with E-state index in [0.717, 1.165) is 56.3 Å². The van der Waals surface area contributed by atoms with Crippen molar-refractivity contribution in [2.45, 2.75) is 13.1 Å². The van der Waals surface area contributed by atoms with Crippen LogP contribution in [0.4, 0.5) is 4.39 Å². The number of nitrogens with one attached hydrogen (secondary N) is 2. The smallest absolute Gasteiger partial charge is 0.161 e. The summed E-state index contributed by atoms with van der Waals surface area (Å²) in [4.78, 5) is 3.02. The van der Waals surface area contributed by atoms with Gasteiger partial charge in [-0.15, -0.1) is 0 Å². The summed E-state index contributed by atoms with van der Waals surface area (Å²) in [6.45, 7) is 6.08. The Kier molecular flexibility index (Phi) is 5.89. The molecule has 0 aliphatic carbocycles. The Hall–Kier alpha value is -2.11.